The third kappa shape index (κ3) is 20.0. The van der Waals surface area contributed by atoms with Gasteiger partial charge < -0.3 is 45.2 Å². The first-order valence-corrected chi connectivity index (χ1v) is 30.1. The molecule has 26 heteroatoms. The molecule has 4 heterocycles. The first-order valence-electron chi connectivity index (χ1n) is 25.7. The van der Waals surface area contributed by atoms with Gasteiger partial charge in [-0.05, 0) is 142 Å². The number of hydrogen-bond donors (Lipinski definition) is 8. The van der Waals surface area contributed by atoms with E-state index in [1.54, 1.807) is 96.0 Å². The number of anilines is 2. The van der Waals surface area contributed by atoms with Gasteiger partial charge in [0.1, 0.15) is 33.0 Å². The Balaban J connectivity index is 0.000000297. The zero-order valence-corrected chi connectivity index (χ0v) is 51.7. The van der Waals surface area contributed by atoms with E-state index in [1.165, 1.54) is 53.8 Å². The SMILES string of the molecule is Cc1cc(C(=O)Nc2cc(C(NCC3CC3)c3nccs3)ccc2F)n(-c2cccc(CN)c2)n1.NCCNCCN.[B].[C-]#[N+]c1cccc(-n2nc(C)cc2C(=O)Nc2cc(C(NCC3CC3)c3nccs3)ccc2F)c1.[Cl][Ni][Cl].[H-].[Na+]. The van der Waals surface area contributed by atoms with E-state index in [4.69, 9.17) is 44.2 Å². The number of carbonyl (C=O) groups excluding carboxylic acids is 2. The number of aromatic nitrogens is 6. The maximum absolute atomic E-state index is 14.8. The van der Waals surface area contributed by atoms with Gasteiger partial charge in [-0.25, -0.2) is 33.0 Å². The number of amides is 2. The van der Waals surface area contributed by atoms with Gasteiger partial charge in [-0.1, -0.05) is 36.4 Å². The zero-order chi connectivity index (χ0) is 57.0. The minimum absolute atomic E-state index is 0. The average molecular weight is 1240 g/mol. The molecule has 11 N–H and O–H groups in total. The summed E-state index contributed by atoms with van der Waals surface area (Å²) in [4.78, 5) is 38.9. The normalized spacial score (nSPS) is 13.0. The Labute approximate surface area is 524 Å². The van der Waals surface area contributed by atoms with E-state index < -0.39 is 23.4 Å². The van der Waals surface area contributed by atoms with E-state index in [1.807, 2.05) is 41.9 Å². The fourth-order valence-electron chi connectivity index (χ4n) is 8.23. The summed E-state index contributed by atoms with van der Waals surface area (Å²) >= 11 is 3.66. The molecule has 8 aromatic rings. The number of hydrogen-bond acceptors (Lipinski definition) is 14. The second-order valence-corrected chi connectivity index (χ2v) is 22.2. The van der Waals surface area contributed by atoms with Gasteiger partial charge in [0.2, 0.25) is 0 Å². The molecule has 4 aromatic heterocycles. The quantitative estimate of drug-likeness (QED) is 0.0210. The van der Waals surface area contributed by atoms with Gasteiger partial charge in [0.05, 0.1) is 52.8 Å². The fraction of sp³-hybridized carbons (Fsp3) is 0.304. The number of halogens is 4. The molecule has 2 fully saturated rings. The van der Waals surface area contributed by atoms with Gasteiger partial charge >= 0.3 is 62.6 Å². The van der Waals surface area contributed by atoms with Crippen molar-refractivity contribution in [2.45, 2.75) is 58.2 Å². The Morgan fingerprint density at radius 2 is 1.17 bits per heavy atom. The molecule has 0 bridgehead atoms. The van der Waals surface area contributed by atoms with Crippen LogP contribution >= 0.6 is 43.1 Å². The summed E-state index contributed by atoms with van der Waals surface area (Å²) in [6, 6.07) is 26.9. The summed E-state index contributed by atoms with van der Waals surface area (Å²) < 4.78 is 32.6. The van der Waals surface area contributed by atoms with Crippen LogP contribution in [0.3, 0.4) is 0 Å². The molecular weight excluding hydrogens is 1180 g/mol. The van der Waals surface area contributed by atoms with Crippen LogP contribution in [0.5, 0.6) is 0 Å². The number of thiazole rings is 2. The van der Waals surface area contributed by atoms with Gasteiger partial charge in [0, 0.05) is 64.3 Å². The molecule has 4 aromatic carbocycles. The van der Waals surface area contributed by atoms with Gasteiger partial charge in [0.25, 0.3) is 11.8 Å². The molecule has 0 spiro atoms. The standard InChI is InChI=1S/C26H23FN6OS.C26H27FN6OS.C4H13N3.B.2ClH.Na.Ni.H/c1-16-12-23(33(32-16)20-5-3-4-19(14-20)28-2)25(34)31-22-13-18(8-9-21(22)27)24(26-29-10-11-35-26)30-15-17-6-7-17;1-16-11-23(33(32-16)20-4-2-3-18(12-20)14-28)25(34)31-22-13-19(7-8-21(22)27)24(26-29-9-10-35-26)30-15-17-5-6-17;5-1-3-7-4-2-6;;;;;;/h3-5,8-14,17,24,30H,6-7,15H2,1H3,(H,31,34);2-4,7-13,17,24,30H,5-6,14-15,28H2,1H3,(H,31,34);7H,1-6H2;;2*1H;;;/q;;;;;;+1;+2;-1/p-2. The fourth-order valence-corrected chi connectivity index (χ4v) is 9.70. The second-order valence-electron chi connectivity index (χ2n) is 18.7. The van der Waals surface area contributed by atoms with Crippen molar-refractivity contribution in [3.8, 4) is 11.4 Å². The van der Waals surface area contributed by atoms with Crippen molar-refractivity contribution in [2.75, 3.05) is 49.9 Å². The van der Waals surface area contributed by atoms with Crippen LogP contribution in [0.25, 0.3) is 16.2 Å². The first-order chi connectivity index (χ1) is 38.9. The van der Waals surface area contributed by atoms with E-state index in [9.17, 15) is 18.4 Å². The Morgan fingerprint density at radius 3 is 1.57 bits per heavy atom. The van der Waals surface area contributed by atoms with Crippen LogP contribution < -0.4 is 73.3 Å². The molecule has 2 aliphatic rings. The van der Waals surface area contributed by atoms with Crippen molar-refractivity contribution in [1.82, 2.24) is 45.5 Å². The predicted octanol–water partition coefficient (Wildman–Crippen LogP) is 6.85. The second kappa shape index (κ2) is 34.5. The van der Waals surface area contributed by atoms with Crippen LogP contribution in [0.2, 0.25) is 0 Å². The van der Waals surface area contributed by atoms with Crippen molar-refractivity contribution in [3.05, 3.63) is 193 Å². The number of nitrogens with two attached hydrogens (primary N) is 3. The first kappa shape index (κ1) is 67.5. The minimum Gasteiger partial charge on any atom is -1.00 e. The average Bonchev–Trinajstić information content (AvgIpc) is 4.38. The largest absolute Gasteiger partial charge is 1.00 e. The molecule has 2 amide bonds. The predicted molar refractivity (Wildman–Crippen MR) is 318 cm³/mol. The summed E-state index contributed by atoms with van der Waals surface area (Å²) in [7, 11) is 9.40. The summed E-state index contributed by atoms with van der Waals surface area (Å²) in [6.07, 6.45) is 8.40. The van der Waals surface area contributed by atoms with Crippen molar-refractivity contribution in [3.63, 3.8) is 0 Å². The maximum atomic E-state index is 14.8. The molecule has 3 radical (unpaired) electrons. The molecule has 0 aliphatic heterocycles. The van der Waals surface area contributed by atoms with Crippen molar-refractivity contribution < 1.29 is 62.0 Å². The van der Waals surface area contributed by atoms with E-state index in [0.717, 1.165) is 52.9 Å². The zero-order valence-electron chi connectivity index (χ0n) is 46.5. The van der Waals surface area contributed by atoms with E-state index in [2.05, 4.69) is 51.6 Å². The maximum Gasteiger partial charge on any atom is 1.00 e. The van der Waals surface area contributed by atoms with Gasteiger partial charge in [0.15, 0.2) is 5.69 Å². The molecule has 2 aliphatic carbocycles. The van der Waals surface area contributed by atoms with Crippen LogP contribution in [0.4, 0.5) is 25.8 Å². The number of benzene rings is 4. The summed E-state index contributed by atoms with van der Waals surface area (Å²) in [6.45, 7) is 16.1. The van der Waals surface area contributed by atoms with Crippen molar-refractivity contribution >= 4 is 80.4 Å². The van der Waals surface area contributed by atoms with Gasteiger partial charge in [-0.2, -0.15) is 10.2 Å². The Morgan fingerprint density at radius 1 is 0.720 bits per heavy atom. The van der Waals surface area contributed by atoms with Crippen LogP contribution in [0, 0.1) is 43.9 Å². The third-order valence-electron chi connectivity index (χ3n) is 12.5. The van der Waals surface area contributed by atoms with Gasteiger partial charge in [-0.15, -0.1) is 22.7 Å². The smallest absolute Gasteiger partial charge is 1.00 e. The molecule has 17 nitrogen and oxygen atoms in total. The molecule has 10 rings (SSSR count). The molecular formula is C56H64BCl2F2N15NaNiO2S2. The molecule has 429 valence electrons. The topological polar surface area (TPSA) is 238 Å². The minimum atomic E-state index is -0.528. The van der Waals surface area contributed by atoms with Crippen molar-refractivity contribution in [2.24, 2.45) is 29.0 Å². The molecule has 82 heavy (non-hydrogen) atoms. The Hall–Kier alpha value is -5.25. The van der Waals surface area contributed by atoms with E-state index in [-0.39, 0.29) is 68.5 Å². The molecule has 0 saturated heterocycles. The van der Waals surface area contributed by atoms with Crippen LogP contribution in [0.1, 0.15) is 98.3 Å². The van der Waals surface area contributed by atoms with Crippen molar-refractivity contribution in [1.29, 1.82) is 0 Å². The van der Waals surface area contributed by atoms with Crippen LogP contribution in [-0.4, -0.2) is 89.0 Å². The number of carbonyl (C=O) groups is 2. The number of rotatable bonds is 21. The van der Waals surface area contributed by atoms with Gasteiger partial charge in [-0.3, -0.25) is 9.59 Å². The Kier molecular flexibility index (Phi) is 28.4. The molecule has 2 saturated carbocycles. The monoisotopic (exact) mass is 1240 g/mol. The Bertz CT molecular complexity index is 3320. The molecule has 2 atom stereocenters. The number of aryl methyl sites for hydroxylation is 2. The summed E-state index contributed by atoms with van der Waals surface area (Å²) in [5.41, 5.74) is 22.5. The number of nitrogens with zero attached hydrogens (tertiary/aromatic N) is 7. The van der Waals surface area contributed by atoms with E-state index >= 15 is 0 Å². The summed E-state index contributed by atoms with van der Waals surface area (Å²) in [5, 5.41) is 30.1. The number of nitrogens with one attached hydrogen (secondary N) is 5. The summed E-state index contributed by atoms with van der Waals surface area (Å²) in [5.74, 6) is -0.626. The van der Waals surface area contributed by atoms with Crippen LogP contribution in [0.15, 0.2) is 120 Å². The van der Waals surface area contributed by atoms with E-state index in [0.29, 0.717) is 78.3 Å². The van der Waals surface area contributed by atoms with Crippen LogP contribution in [-0.2, 0) is 19.2 Å². The third-order valence-corrected chi connectivity index (χ3v) is 14.2. The molecule has 2 unspecified atom stereocenters.